The standard InChI is InChI=1S/C15H22O6/c1-8-4-5-10-14(3,11(16)17)19-12-15(10)9(8)6-7-13(2,18-12)20-21-15/h8-10,12H,4-7H2,1-3H3,(H,16,17)/t8-,9?,10?,12+,13+,14+,15-/m1/s1. The van der Waals surface area contributed by atoms with E-state index in [9.17, 15) is 9.90 Å². The Bertz CT molecular complexity index is 495. The number of ether oxygens (including phenoxy) is 2. The maximum Gasteiger partial charge on any atom is 0.336 e. The Kier molecular flexibility index (Phi) is 2.64. The first-order valence-electron chi connectivity index (χ1n) is 7.78. The van der Waals surface area contributed by atoms with Gasteiger partial charge in [0.05, 0.1) is 0 Å². The van der Waals surface area contributed by atoms with Crippen LogP contribution < -0.4 is 0 Å². The molecule has 6 nitrogen and oxygen atoms in total. The lowest BCUT2D eigenvalue weighted by Crippen LogP contribution is -2.62. The highest BCUT2D eigenvalue weighted by Crippen LogP contribution is 2.63. The lowest BCUT2D eigenvalue weighted by atomic mass is 9.60. The lowest BCUT2D eigenvalue weighted by molar-refractivity contribution is -0.541. The van der Waals surface area contributed by atoms with E-state index in [-0.39, 0.29) is 11.8 Å². The van der Waals surface area contributed by atoms with E-state index in [1.807, 2.05) is 6.92 Å². The Hall–Kier alpha value is -0.690. The van der Waals surface area contributed by atoms with Gasteiger partial charge in [-0.1, -0.05) is 6.92 Å². The van der Waals surface area contributed by atoms with Gasteiger partial charge >= 0.3 is 5.97 Å². The van der Waals surface area contributed by atoms with E-state index in [0.29, 0.717) is 5.92 Å². The third-order valence-electron chi connectivity index (χ3n) is 6.16. The molecule has 5 rings (SSSR count). The van der Waals surface area contributed by atoms with Gasteiger partial charge in [0.1, 0.15) is 0 Å². The molecule has 118 valence electrons. The van der Waals surface area contributed by atoms with Gasteiger partial charge < -0.3 is 14.6 Å². The zero-order valence-electron chi connectivity index (χ0n) is 12.6. The summed E-state index contributed by atoms with van der Waals surface area (Å²) < 4.78 is 11.9. The fraction of sp³-hybridized carbons (Fsp3) is 0.933. The summed E-state index contributed by atoms with van der Waals surface area (Å²) >= 11 is 0. The minimum absolute atomic E-state index is 0.201. The van der Waals surface area contributed by atoms with E-state index in [2.05, 4.69) is 6.92 Å². The first-order chi connectivity index (χ1) is 9.82. The van der Waals surface area contributed by atoms with Gasteiger partial charge in [0.25, 0.3) is 0 Å². The Morgan fingerprint density at radius 1 is 1.14 bits per heavy atom. The quantitative estimate of drug-likeness (QED) is 0.747. The molecule has 21 heavy (non-hydrogen) atoms. The van der Waals surface area contributed by atoms with Gasteiger partial charge in [0.15, 0.2) is 17.5 Å². The number of rotatable bonds is 1. The molecule has 4 aliphatic heterocycles. The summed E-state index contributed by atoms with van der Waals surface area (Å²) in [5.74, 6) is -1.41. The summed E-state index contributed by atoms with van der Waals surface area (Å²) in [6, 6.07) is 0. The molecule has 5 fully saturated rings. The van der Waals surface area contributed by atoms with Crippen molar-refractivity contribution in [2.45, 2.75) is 69.7 Å². The third kappa shape index (κ3) is 1.54. The second-order valence-corrected chi connectivity index (χ2v) is 7.39. The molecule has 2 unspecified atom stereocenters. The second-order valence-electron chi connectivity index (χ2n) is 7.39. The van der Waals surface area contributed by atoms with Crippen LogP contribution in [-0.4, -0.2) is 34.4 Å². The molecule has 7 atom stereocenters. The Labute approximate surface area is 123 Å². The van der Waals surface area contributed by atoms with Gasteiger partial charge in [0, 0.05) is 12.3 Å². The molecule has 0 aromatic carbocycles. The highest BCUT2D eigenvalue weighted by molar-refractivity contribution is 5.78. The molecule has 1 aliphatic carbocycles. The van der Waals surface area contributed by atoms with Crippen LogP contribution in [0, 0.1) is 17.8 Å². The van der Waals surface area contributed by atoms with Gasteiger partial charge in [-0.3, -0.25) is 0 Å². The van der Waals surface area contributed by atoms with Crippen molar-refractivity contribution < 1.29 is 29.1 Å². The van der Waals surface area contributed by atoms with Crippen molar-refractivity contribution in [2.75, 3.05) is 0 Å². The van der Waals surface area contributed by atoms with Gasteiger partial charge in [-0.05, 0) is 44.9 Å². The predicted molar refractivity (Wildman–Crippen MR) is 69.9 cm³/mol. The summed E-state index contributed by atoms with van der Waals surface area (Å²) in [5, 5.41) is 9.68. The monoisotopic (exact) mass is 298 g/mol. The van der Waals surface area contributed by atoms with Crippen LogP contribution in [0.25, 0.3) is 0 Å². The van der Waals surface area contributed by atoms with E-state index in [0.717, 1.165) is 25.7 Å². The van der Waals surface area contributed by atoms with E-state index < -0.39 is 29.2 Å². The van der Waals surface area contributed by atoms with Crippen LogP contribution >= 0.6 is 0 Å². The van der Waals surface area contributed by atoms with E-state index in [4.69, 9.17) is 19.2 Å². The average molecular weight is 298 g/mol. The lowest BCUT2D eigenvalue weighted by Gasteiger charge is -2.50. The summed E-state index contributed by atoms with van der Waals surface area (Å²) in [6.07, 6.45) is 2.71. The minimum atomic E-state index is -1.28. The highest BCUT2D eigenvalue weighted by atomic mass is 17.3. The van der Waals surface area contributed by atoms with Gasteiger partial charge in [-0.2, -0.15) is 0 Å². The van der Waals surface area contributed by atoms with E-state index in [1.165, 1.54) is 0 Å². The zero-order valence-corrected chi connectivity index (χ0v) is 12.6. The zero-order chi connectivity index (χ0) is 15.0. The van der Waals surface area contributed by atoms with Crippen molar-refractivity contribution in [3.63, 3.8) is 0 Å². The van der Waals surface area contributed by atoms with Crippen LogP contribution in [0.5, 0.6) is 0 Å². The van der Waals surface area contributed by atoms with Crippen molar-refractivity contribution in [2.24, 2.45) is 17.8 Å². The molecule has 6 heteroatoms. The van der Waals surface area contributed by atoms with E-state index in [1.54, 1.807) is 6.92 Å². The molecular formula is C15H22O6. The van der Waals surface area contributed by atoms with Crippen molar-refractivity contribution >= 4 is 5.97 Å². The first kappa shape index (κ1) is 13.9. The van der Waals surface area contributed by atoms with E-state index >= 15 is 0 Å². The number of carboxylic acids is 1. The number of fused-ring (bicyclic) bond motifs is 2. The van der Waals surface area contributed by atoms with Crippen LogP contribution in [0.2, 0.25) is 0 Å². The predicted octanol–water partition coefficient (Wildman–Crippen LogP) is 2.08. The van der Waals surface area contributed by atoms with Crippen molar-refractivity contribution in [3.8, 4) is 0 Å². The van der Waals surface area contributed by atoms with Crippen molar-refractivity contribution in [1.29, 1.82) is 0 Å². The van der Waals surface area contributed by atoms with Gasteiger partial charge in [-0.25, -0.2) is 14.6 Å². The molecule has 1 spiro atoms. The largest absolute Gasteiger partial charge is 0.479 e. The highest BCUT2D eigenvalue weighted by Gasteiger charge is 2.75. The molecule has 1 N–H and O–H groups in total. The maximum atomic E-state index is 11.8. The topological polar surface area (TPSA) is 74.2 Å². The molecule has 5 aliphatic rings. The molecule has 0 aromatic heterocycles. The molecule has 1 saturated carbocycles. The van der Waals surface area contributed by atoms with Crippen LogP contribution in [-0.2, 0) is 24.0 Å². The molecule has 4 saturated heterocycles. The van der Waals surface area contributed by atoms with Crippen molar-refractivity contribution in [3.05, 3.63) is 0 Å². The summed E-state index contributed by atoms with van der Waals surface area (Å²) in [4.78, 5) is 23.3. The SMILES string of the molecule is C[C@@H]1CCC2[C@]34OO[C@@](C)(CCC13)O[C@H]4O[C@]2(C)C(=O)O. The van der Waals surface area contributed by atoms with Gasteiger partial charge in [0.2, 0.25) is 5.79 Å². The first-order valence-corrected chi connectivity index (χ1v) is 7.78. The smallest absolute Gasteiger partial charge is 0.336 e. The molecule has 0 radical (unpaired) electrons. The number of hydrogen-bond acceptors (Lipinski definition) is 5. The number of carbonyl (C=O) groups is 1. The van der Waals surface area contributed by atoms with Crippen molar-refractivity contribution in [1.82, 2.24) is 0 Å². The Morgan fingerprint density at radius 2 is 1.90 bits per heavy atom. The van der Waals surface area contributed by atoms with Crippen LogP contribution in [0.1, 0.15) is 46.5 Å². The summed E-state index contributed by atoms with van der Waals surface area (Å²) in [5.41, 5.74) is -2.07. The molecule has 4 heterocycles. The molecule has 2 bridgehead atoms. The number of aliphatic carboxylic acids is 1. The average Bonchev–Trinajstić information content (AvgIpc) is 2.52. The summed E-state index contributed by atoms with van der Waals surface area (Å²) in [7, 11) is 0. The van der Waals surface area contributed by atoms with Gasteiger partial charge in [-0.15, -0.1) is 0 Å². The normalized spacial score (nSPS) is 58.6. The summed E-state index contributed by atoms with van der Waals surface area (Å²) in [6.45, 7) is 5.67. The Balaban J connectivity index is 1.86. The minimum Gasteiger partial charge on any atom is -0.479 e. The van der Waals surface area contributed by atoms with Crippen LogP contribution in [0.3, 0.4) is 0 Å². The fourth-order valence-corrected chi connectivity index (χ4v) is 4.91. The third-order valence-corrected chi connectivity index (χ3v) is 6.16. The fourth-order valence-electron chi connectivity index (χ4n) is 4.91. The van der Waals surface area contributed by atoms with Crippen LogP contribution in [0.15, 0.2) is 0 Å². The number of hydrogen-bond donors (Lipinski definition) is 1. The van der Waals surface area contributed by atoms with Crippen LogP contribution in [0.4, 0.5) is 0 Å². The maximum absolute atomic E-state index is 11.8. The second kappa shape index (κ2) is 3.98. The Morgan fingerprint density at radius 3 is 2.62 bits per heavy atom. The molecule has 0 aromatic rings. The number of carboxylic acid groups (broad SMARTS) is 1. The molecule has 0 amide bonds. The molecular weight excluding hydrogens is 276 g/mol.